The first-order valence-corrected chi connectivity index (χ1v) is 5.22. The van der Waals surface area contributed by atoms with Crippen molar-refractivity contribution in [3.8, 4) is 0 Å². The quantitative estimate of drug-likeness (QED) is 0.477. The molecule has 0 unspecified atom stereocenters. The zero-order valence-corrected chi connectivity index (χ0v) is 10.2. The molecule has 6 nitrogen and oxygen atoms in total. The van der Waals surface area contributed by atoms with Crippen molar-refractivity contribution in [2.24, 2.45) is 5.84 Å². The van der Waals surface area contributed by atoms with Crippen LogP contribution in [-0.4, -0.2) is 10.5 Å². The summed E-state index contributed by atoms with van der Waals surface area (Å²) in [5.74, 6) is 5.32. The molecule has 1 rings (SSSR count). The molecule has 0 atom stereocenters. The molecule has 1 aromatic rings. The first-order valence-electron chi connectivity index (χ1n) is 5.22. The number of anilines is 1. The summed E-state index contributed by atoms with van der Waals surface area (Å²) in [6, 6.07) is 4.75. The molecule has 0 aliphatic heterocycles. The Morgan fingerprint density at radius 1 is 1.47 bits per heavy atom. The number of ether oxygens (including phenoxy) is 1. The van der Waals surface area contributed by atoms with Crippen molar-refractivity contribution in [3.05, 3.63) is 33.9 Å². The Hall–Kier alpha value is -1.66. The topological polar surface area (TPSA) is 90.4 Å². The molecule has 3 N–H and O–H groups in total. The molecule has 94 valence electrons. The van der Waals surface area contributed by atoms with E-state index >= 15 is 0 Å². The summed E-state index contributed by atoms with van der Waals surface area (Å²) in [6.07, 6.45) is 0. The highest BCUT2D eigenvalue weighted by Gasteiger charge is 2.18. The fourth-order valence-electron chi connectivity index (χ4n) is 1.32. The van der Waals surface area contributed by atoms with Crippen LogP contribution in [0.1, 0.15) is 26.3 Å². The number of hydrazine groups is 1. The number of para-hydroxylation sites is 1. The molecule has 0 saturated carbocycles. The van der Waals surface area contributed by atoms with Crippen LogP contribution in [0.5, 0.6) is 0 Å². The van der Waals surface area contributed by atoms with Crippen LogP contribution in [0, 0.1) is 10.1 Å². The van der Waals surface area contributed by atoms with Crippen LogP contribution in [0.2, 0.25) is 0 Å². The lowest BCUT2D eigenvalue weighted by Crippen LogP contribution is -2.20. The van der Waals surface area contributed by atoms with Gasteiger partial charge in [0.25, 0.3) is 5.69 Å². The highest BCUT2D eigenvalue weighted by Crippen LogP contribution is 2.28. The van der Waals surface area contributed by atoms with E-state index in [-0.39, 0.29) is 17.9 Å². The van der Waals surface area contributed by atoms with Crippen LogP contribution in [0.25, 0.3) is 0 Å². The van der Waals surface area contributed by atoms with Crippen LogP contribution in [0.4, 0.5) is 11.4 Å². The van der Waals surface area contributed by atoms with Crippen molar-refractivity contribution in [1.82, 2.24) is 0 Å². The van der Waals surface area contributed by atoms with Gasteiger partial charge >= 0.3 is 0 Å². The van der Waals surface area contributed by atoms with Crippen molar-refractivity contribution >= 4 is 11.4 Å². The van der Waals surface area contributed by atoms with Crippen molar-refractivity contribution < 1.29 is 9.66 Å². The zero-order valence-electron chi connectivity index (χ0n) is 10.2. The van der Waals surface area contributed by atoms with Gasteiger partial charge in [-0.15, -0.1) is 0 Å². The fraction of sp³-hybridized carbons (Fsp3) is 0.455. The molecule has 17 heavy (non-hydrogen) atoms. The van der Waals surface area contributed by atoms with Gasteiger partial charge in [-0.1, -0.05) is 12.1 Å². The maximum Gasteiger partial charge on any atom is 0.294 e. The maximum absolute atomic E-state index is 10.8. The second kappa shape index (κ2) is 5.11. The predicted molar refractivity (Wildman–Crippen MR) is 65.4 cm³/mol. The van der Waals surface area contributed by atoms with E-state index in [1.165, 1.54) is 6.07 Å². The van der Waals surface area contributed by atoms with Gasteiger partial charge in [-0.2, -0.15) is 0 Å². The molecular weight excluding hydrogens is 222 g/mol. The third kappa shape index (κ3) is 3.69. The number of nitro benzene ring substituents is 1. The van der Waals surface area contributed by atoms with Gasteiger partial charge in [-0.25, -0.2) is 0 Å². The van der Waals surface area contributed by atoms with Crippen LogP contribution in [-0.2, 0) is 11.3 Å². The van der Waals surface area contributed by atoms with Gasteiger partial charge in [0.2, 0.25) is 0 Å². The third-order valence-corrected chi connectivity index (χ3v) is 2.13. The molecule has 0 fully saturated rings. The summed E-state index contributed by atoms with van der Waals surface area (Å²) in [5, 5.41) is 10.8. The first kappa shape index (κ1) is 13.4. The van der Waals surface area contributed by atoms with Crippen molar-refractivity contribution in [2.45, 2.75) is 33.0 Å². The Kier molecular flexibility index (Phi) is 4.03. The van der Waals surface area contributed by atoms with Gasteiger partial charge in [0.1, 0.15) is 5.69 Å². The number of nitrogens with zero attached hydrogens (tertiary/aromatic N) is 1. The summed E-state index contributed by atoms with van der Waals surface area (Å²) in [5.41, 5.74) is 2.95. The minimum absolute atomic E-state index is 0.0532. The number of rotatable bonds is 4. The number of hydrogen-bond donors (Lipinski definition) is 2. The van der Waals surface area contributed by atoms with Gasteiger partial charge in [0.05, 0.1) is 17.1 Å². The summed E-state index contributed by atoms with van der Waals surface area (Å²) >= 11 is 0. The van der Waals surface area contributed by atoms with E-state index in [9.17, 15) is 10.1 Å². The van der Waals surface area contributed by atoms with Crippen molar-refractivity contribution in [1.29, 1.82) is 0 Å². The SMILES string of the molecule is CC(C)(C)OCc1cccc([N+](=O)[O-])c1NN. The molecule has 0 aliphatic carbocycles. The summed E-state index contributed by atoms with van der Waals surface area (Å²) in [7, 11) is 0. The molecule has 0 spiro atoms. The van der Waals surface area contributed by atoms with Gasteiger partial charge in [0, 0.05) is 11.6 Å². The van der Waals surface area contributed by atoms with Gasteiger partial charge < -0.3 is 10.2 Å². The van der Waals surface area contributed by atoms with Crippen molar-refractivity contribution in [2.75, 3.05) is 5.43 Å². The average molecular weight is 239 g/mol. The number of nitro groups is 1. The van der Waals surface area contributed by atoms with E-state index in [1.807, 2.05) is 20.8 Å². The normalized spacial score (nSPS) is 11.3. The lowest BCUT2D eigenvalue weighted by atomic mass is 10.1. The van der Waals surface area contributed by atoms with E-state index in [1.54, 1.807) is 12.1 Å². The number of nitrogens with two attached hydrogens (primary N) is 1. The Labute approximate surface area is 99.9 Å². The van der Waals surface area contributed by atoms with E-state index in [4.69, 9.17) is 10.6 Å². The number of nitrogen functional groups attached to an aromatic ring is 1. The molecule has 1 aromatic carbocycles. The van der Waals surface area contributed by atoms with Crippen molar-refractivity contribution in [3.63, 3.8) is 0 Å². The van der Waals surface area contributed by atoms with Gasteiger partial charge in [-0.3, -0.25) is 16.0 Å². The Morgan fingerprint density at radius 3 is 2.59 bits per heavy atom. The fourth-order valence-corrected chi connectivity index (χ4v) is 1.32. The van der Waals surface area contributed by atoms with E-state index in [0.717, 1.165) is 0 Å². The standard InChI is InChI=1S/C11H17N3O3/c1-11(2,3)17-7-8-5-4-6-9(14(15)16)10(8)13-12/h4-6,13H,7,12H2,1-3H3. The van der Waals surface area contributed by atoms with E-state index in [2.05, 4.69) is 5.43 Å². The van der Waals surface area contributed by atoms with Crippen LogP contribution in [0.15, 0.2) is 18.2 Å². The second-order valence-corrected chi connectivity index (χ2v) is 4.61. The van der Waals surface area contributed by atoms with Gasteiger partial charge in [-0.05, 0) is 20.8 Å². The summed E-state index contributed by atoms with van der Waals surface area (Å²) in [4.78, 5) is 10.3. The number of benzene rings is 1. The molecule has 0 aromatic heterocycles. The van der Waals surface area contributed by atoms with Gasteiger partial charge in [0.15, 0.2) is 0 Å². The van der Waals surface area contributed by atoms with Crippen LogP contribution < -0.4 is 11.3 Å². The molecule has 0 saturated heterocycles. The second-order valence-electron chi connectivity index (χ2n) is 4.61. The highest BCUT2D eigenvalue weighted by molar-refractivity contribution is 5.65. The molecule has 6 heteroatoms. The smallest absolute Gasteiger partial charge is 0.294 e. The van der Waals surface area contributed by atoms with Crippen LogP contribution >= 0.6 is 0 Å². The molecule has 0 aliphatic rings. The van der Waals surface area contributed by atoms with E-state index < -0.39 is 4.92 Å². The van der Waals surface area contributed by atoms with E-state index in [0.29, 0.717) is 11.3 Å². The minimum atomic E-state index is -0.476. The third-order valence-electron chi connectivity index (χ3n) is 2.13. The zero-order chi connectivity index (χ0) is 13.1. The Balaban J connectivity index is 2.99. The lowest BCUT2D eigenvalue weighted by Gasteiger charge is -2.20. The Morgan fingerprint density at radius 2 is 2.12 bits per heavy atom. The molecule has 0 bridgehead atoms. The predicted octanol–water partition coefficient (Wildman–Crippen LogP) is 2.20. The average Bonchev–Trinajstić information content (AvgIpc) is 2.24. The molecule has 0 amide bonds. The lowest BCUT2D eigenvalue weighted by molar-refractivity contribution is -0.384. The first-order chi connectivity index (χ1) is 7.85. The molecule has 0 heterocycles. The highest BCUT2D eigenvalue weighted by atomic mass is 16.6. The maximum atomic E-state index is 10.8. The number of hydrogen-bond acceptors (Lipinski definition) is 5. The largest absolute Gasteiger partial charge is 0.371 e. The van der Waals surface area contributed by atoms with Crippen LogP contribution in [0.3, 0.4) is 0 Å². The summed E-state index contributed by atoms with van der Waals surface area (Å²) < 4.78 is 5.57. The minimum Gasteiger partial charge on any atom is -0.371 e. The molecule has 0 radical (unpaired) electrons. The summed E-state index contributed by atoms with van der Waals surface area (Å²) in [6.45, 7) is 6.02. The molecular formula is C11H17N3O3. The Bertz CT molecular complexity index is 413. The monoisotopic (exact) mass is 239 g/mol. The number of nitrogens with one attached hydrogen (secondary N) is 1.